The number of phenols is 1. The van der Waals surface area contributed by atoms with E-state index in [1.807, 2.05) is 38.1 Å². The molecule has 1 N–H and O–H groups in total. The number of rotatable bonds is 2. The van der Waals surface area contributed by atoms with Crippen LogP contribution in [-0.2, 0) is 0 Å². The molecule has 5 nitrogen and oxygen atoms in total. The van der Waals surface area contributed by atoms with Crippen molar-refractivity contribution in [3.63, 3.8) is 0 Å². The van der Waals surface area contributed by atoms with E-state index in [9.17, 15) is 5.11 Å². The van der Waals surface area contributed by atoms with E-state index in [1.54, 1.807) is 18.2 Å². The van der Waals surface area contributed by atoms with Crippen LogP contribution in [0.15, 0.2) is 48.8 Å². The molecule has 0 bridgehead atoms. The van der Waals surface area contributed by atoms with Gasteiger partial charge in [0.2, 0.25) is 0 Å². The largest absolute Gasteiger partial charge is 0.508 e. The summed E-state index contributed by atoms with van der Waals surface area (Å²) < 4.78 is 15.8. The second-order valence-electron chi connectivity index (χ2n) is 7.65. The van der Waals surface area contributed by atoms with Crippen LogP contribution in [0.2, 0.25) is 5.02 Å². The fourth-order valence-corrected chi connectivity index (χ4v) is 4.43. The van der Waals surface area contributed by atoms with Crippen LogP contribution in [0.5, 0.6) is 5.75 Å². The molecule has 0 atom stereocenters. The lowest BCUT2D eigenvalue weighted by atomic mass is 9.96. The Hall–Kier alpha value is -2.96. The Morgan fingerprint density at radius 1 is 0.969 bits per heavy atom. The van der Waals surface area contributed by atoms with Crippen molar-refractivity contribution < 1.29 is 9.50 Å². The molecule has 1 aromatic heterocycles. The van der Waals surface area contributed by atoms with E-state index in [-0.39, 0.29) is 21.9 Å². The number of anilines is 1. The number of halogens is 2. The van der Waals surface area contributed by atoms with Crippen molar-refractivity contribution in [2.24, 2.45) is 0 Å². The van der Waals surface area contributed by atoms with Gasteiger partial charge in [0.05, 0.1) is 5.02 Å². The average Bonchev–Trinajstić information content (AvgIpc) is 2.80. The molecule has 0 spiro atoms. The molecule has 3 aromatic carbocycles. The van der Waals surface area contributed by atoms with Crippen molar-refractivity contribution in [1.29, 1.82) is 0 Å². The van der Waals surface area contributed by atoms with E-state index in [2.05, 4.69) is 26.8 Å². The SMILES string of the molecule is CC.CN1CCN(c2ncnc3c(F)c(-c4cc(O)cc5ccccc45)c(Cl)cc23)CC1. The van der Waals surface area contributed by atoms with Gasteiger partial charge in [-0.05, 0) is 41.6 Å². The Balaban J connectivity index is 0.00000119. The molecule has 7 heteroatoms. The zero-order chi connectivity index (χ0) is 22.8. The van der Waals surface area contributed by atoms with Gasteiger partial charge in [0.15, 0.2) is 5.82 Å². The van der Waals surface area contributed by atoms with Gasteiger partial charge >= 0.3 is 0 Å². The van der Waals surface area contributed by atoms with Crippen molar-refractivity contribution in [2.45, 2.75) is 13.8 Å². The standard InChI is InChI=1S/C23H20ClFN4O.C2H6/c1-28-6-8-29(9-7-28)23-18-12-19(24)20(21(25)22(18)26-13-27-23)17-11-15(30)10-14-4-2-3-5-16(14)17;1-2/h2-5,10-13,30H,6-9H2,1H3;1-2H3. The van der Waals surface area contributed by atoms with Gasteiger partial charge in [0, 0.05) is 37.1 Å². The average molecular weight is 453 g/mol. The van der Waals surface area contributed by atoms with E-state index in [4.69, 9.17) is 11.6 Å². The van der Waals surface area contributed by atoms with Gasteiger partial charge in [-0.1, -0.05) is 49.7 Å². The fourth-order valence-electron chi connectivity index (χ4n) is 4.13. The quantitative estimate of drug-likeness (QED) is 0.421. The minimum absolute atomic E-state index is 0.0556. The molecule has 1 saturated heterocycles. The Labute approximate surface area is 192 Å². The van der Waals surface area contributed by atoms with Crippen LogP contribution in [0, 0.1) is 5.82 Å². The number of hydrogen-bond acceptors (Lipinski definition) is 5. The number of aromatic hydroxyl groups is 1. The highest BCUT2D eigenvalue weighted by Gasteiger charge is 2.23. The topological polar surface area (TPSA) is 52.5 Å². The van der Waals surface area contributed by atoms with E-state index in [0.29, 0.717) is 16.8 Å². The Bertz CT molecular complexity index is 1270. The minimum atomic E-state index is -0.508. The Morgan fingerprint density at radius 2 is 1.69 bits per heavy atom. The number of likely N-dealkylation sites (N-methyl/N-ethyl adjacent to an activating group) is 1. The molecule has 0 aliphatic carbocycles. The first-order valence-corrected chi connectivity index (χ1v) is 11.2. The summed E-state index contributed by atoms with van der Waals surface area (Å²) in [5.41, 5.74) is 1.000. The zero-order valence-corrected chi connectivity index (χ0v) is 19.2. The maximum Gasteiger partial charge on any atom is 0.158 e. The molecule has 0 unspecified atom stereocenters. The summed E-state index contributed by atoms with van der Waals surface area (Å²) in [5.74, 6) is 0.243. The molecule has 0 amide bonds. The summed E-state index contributed by atoms with van der Waals surface area (Å²) in [4.78, 5) is 13.1. The van der Waals surface area contributed by atoms with Crippen molar-refractivity contribution >= 4 is 39.1 Å². The first-order valence-electron chi connectivity index (χ1n) is 10.8. The van der Waals surface area contributed by atoms with E-state index in [1.165, 1.54) is 6.33 Å². The lowest BCUT2D eigenvalue weighted by Crippen LogP contribution is -2.44. The predicted octanol–water partition coefficient (Wildman–Crippen LogP) is 5.73. The molecular weight excluding hydrogens is 427 g/mol. The third-order valence-corrected chi connectivity index (χ3v) is 6.02. The number of phenolic OH excluding ortho intramolecular Hbond substituents is 1. The third-order valence-electron chi connectivity index (χ3n) is 5.72. The number of fused-ring (bicyclic) bond motifs is 2. The van der Waals surface area contributed by atoms with Crippen LogP contribution in [0.3, 0.4) is 0 Å². The summed E-state index contributed by atoms with van der Waals surface area (Å²) in [6.45, 7) is 7.44. The zero-order valence-electron chi connectivity index (χ0n) is 18.4. The molecule has 32 heavy (non-hydrogen) atoms. The van der Waals surface area contributed by atoms with E-state index >= 15 is 4.39 Å². The van der Waals surface area contributed by atoms with Gasteiger partial charge in [-0.15, -0.1) is 0 Å². The van der Waals surface area contributed by atoms with Crippen LogP contribution in [-0.4, -0.2) is 53.2 Å². The number of benzene rings is 3. The minimum Gasteiger partial charge on any atom is -0.508 e. The number of aromatic nitrogens is 2. The van der Waals surface area contributed by atoms with Gasteiger partial charge in [-0.25, -0.2) is 14.4 Å². The molecule has 2 heterocycles. The molecular formula is C25H26ClFN4O. The van der Waals surface area contributed by atoms with Crippen molar-refractivity contribution in [3.8, 4) is 16.9 Å². The summed E-state index contributed by atoms with van der Waals surface area (Å²) in [6, 6.07) is 12.4. The van der Waals surface area contributed by atoms with Gasteiger partial charge < -0.3 is 14.9 Å². The molecule has 166 valence electrons. The summed E-state index contributed by atoms with van der Waals surface area (Å²) >= 11 is 6.63. The molecule has 1 aliphatic rings. The molecule has 1 fully saturated rings. The number of piperazine rings is 1. The van der Waals surface area contributed by atoms with E-state index in [0.717, 1.165) is 37.0 Å². The van der Waals surface area contributed by atoms with Crippen LogP contribution in [0.25, 0.3) is 32.8 Å². The lowest BCUT2D eigenvalue weighted by Gasteiger charge is -2.33. The summed E-state index contributed by atoms with van der Waals surface area (Å²) in [7, 11) is 2.08. The second kappa shape index (κ2) is 9.27. The van der Waals surface area contributed by atoms with Gasteiger partial charge in [0.1, 0.15) is 23.4 Å². The maximum atomic E-state index is 15.8. The van der Waals surface area contributed by atoms with E-state index < -0.39 is 5.82 Å². The van der Waals surface area contributed by atoms with Gasteiger partial charge in [-0.2, -0.15) is 0 Å². The first kappa shape index (κ1) is 22.2. The third kappa shape index (κ3) is 3.96. The fraction of sp³-hybridized carbons (Fsp3) is 0.280. The molecule has 0 saturated carbocycles. The Kier molecular flexibility index (Phi) is 6.44. The summed E-state index contributed by atoms with van der Waals surface area (Å²) in [6.07, 6.45) is 1.40. The highest BCUT2D eigenvalue weighted by molar-refractivity contribution is 6.35. The van der Waals surface area contributed by atoms with Crippen LogP contribution in [0.4, 0.5) is 10.2 Å². The molecule has 0 radical (unpaired) electrons. The normalized spacial score (nSPS) is 14.5. The molecule has 1 aliphatic heterocycles. The van der Waals surface area contributed by atoms with Crippen LogP contribution < -0.4 is 4.90 Å². The summed E-state index contributed by atoms with van der Waals surface area (Å²) in [5, 5.41) is 12.7. The highest BCUT2D eigenvalue weighted by atomic mass is 35.5. The smallest absolute Gasteiger partial charge is 0.158 e. The monoisotopic (exact) mass is 452 g/mol. The highest BCUT2D eigenvalue weighted by Crippen LogP contribution is 2.41. The first-order chi connectivity index (χ1) is 15.5. The number of hydrogen-bond donors (Lipinski definition) is 1. The van der Waals surface area contributed by atoms with Crippen LogP contribution >= 0.6 is 11.6 Å². The van der Waals surface area contributed by atoms with Gasteiger partial charge in [-0.3, -0.25) is 0 Å². The van der Waals surface area contributed by atoms with Crippen molar-refractivity contribution in [3.05, 3.63) is 59.6 Å². The number of nitrogens with zero attached hydrogens (tertiary/aromatic N) is 4. The molecule has 5 rings (SSSR count). The predicted molar refractivity (Wildman–Crippen MR) is 130 cm³/mol. The van der Waals surface area contributed by atoms with Crippen molar-refractivity contribution in [2.75, 3.05) is 38.1 Å². The molecule has 4 aromatic rings. The van der Waals surface area contributed by atoms with Crippen molar-refractivity contribution in [1.82, 2.24) is 14.9 Å². The second-order valence-corrected chi connectivity index (χ2v) is 8.05. The maximum absolute atomic E-state index is 15.8. The lowest BCUT2D eigenvalue weighted by molar-refractivity contribution is 0.312. The van der Waals surface area contributed by atoms with Crippen LogP contribution in [0.1, 0.15) is 13.8 Å². The Morgan fingerprint density at radius 3 is 2.44 bits per heavy atom. The van der Waals surface area contributed by atoms with Gasteiger partial charge in [0.25, 0.3) is 0 Å².